The van der Waals surface area contributed by atoms with E-state index < -0.39 is 0 Å². The van der Waals surface area contributed by atoms with E-state index in [0.29, 0.717) is 17.3 Å². The molecule has 136 valence electrons. The van der Waals surface area contributed by atoms with Gasteiger partial charge in [0.1, 0.15) is 0 Å². The van der Waals surface area contributed by atoms with Gasteiger partial charge in [-0.1, -0.05) is 49.7 Å². The Kier molecular flexibility index (Phi) is 5.62. The van der Waals surface area contributed by atoms with Crippen molar-refractivity contribution in [2.75, 3.05) is 16.8 Å². The topological polar surface area (TPSA) is 49.4 Å². The van der Waals surface area contributed by atoms with Crippen molar-refractivity contribution in [3.63, 3.8) is 0 Å². The molecule has 1 fully saturated rings. The number of carbonyl (C=O) groups is 2. The molecule has 1 heterocycles. The van der Waals surface area contributed by atoms with Crippen LogP contribution in [-0.4, -0.2) is 18.4 Å². The maximum absolute atomic E-state index is 12.7. The van der Waals surface area contributed by atoms with Crippen LogP contribution in [0.15, 0.2) is 42.5 Å². The van der Waals surface area contributed by atoms with Crippen molar-refractivity contribution < 1.29 is 9.59 Å². The number of carbonyl (C=O) groups excluding carboxylic acids is 2. The second-order valence-corrected chi connectivity index (χ2v) is 6.97. The van der Waals surface area contributed by atoms with Crippen LogP contribution in [0.5, 0.6) is 0 Å². The Hall–Kier alpha value is -2.33. The molecule has 2 aromatic carbocycles. The van der Waals surface area contributed by atoms with Gasteiger partial charge in [0, 0.05) is 29.4 Å². The Labute approximate surface area is 159 Å². The lowest BCUT2D eigenvalue weighted by Gasteiger charge is -2.23. The molecule has 4 nitrogen and oxygen atoms in total. The van der Waals surface area contributed by atoms with Gasteiger partial charge in [0.2, 0.25) is 11.8 Å². The largest absolute Gasteiger partial charge is 0.326 e. The van der Waals surface area contributed by atoms with E-state index in [-0.39, 0.29) is 24.2 Å². The molecule has 3 rings (SSSR count). The maximum atomic E-state index is 12.7. The number of aryl methyl sites for hydroxylation is 2. The Bertz CT molecular complexity index is 812. The molecule has 2 aromatic rings. The first kappa shape index (κ1) is 18.5. The number of nitrogens with zero attached hydrogens (tertiary/aromatic N) is 1. The fraction of sp³-hybridized carbons (Fsp3) is 0.333. The monoisotopic (exact) mass is 370 g/mol. The number of nitrogens with one attached hydrogen (secondary N) is 1. The zero-order chi connectivity index (χ0) is 18.7. The summed E-state index contributed by atoms with van der Waals surface area (Å²) in [6.45, 7) is 4.58. The van der Waals surface area contributed by atoms with Crippen LogP contribution in [0.25, 0.3) is 0 Å². The number of para-hydroxylation sites is 1. The minimum atomic E-state index is -0.365. The summed E-state index contributed by atoms with van der Waals surface area (Å²) in [5, 5.41) is 3.44. The fourth-order valence-corrected chi connectivity index (χ4v) is 3.66. The molecule has 1 aliphatic rings. The smallest absolute Gasteiger partial charge is 0.229 e. The van der Waals surface area contributed by atoms with Crippen LogP contribution >= 0.6 is 11.6 Å². The molecule has 0 bridgehead atoms. The zero-order valence-electron chi connectivity index (χ0n) is 15.1. The first-order valence-electron chi connectivity index (χ1n) is 9.01. The van der Waals surface area contributed by atoms with Gasteiger partial charge in [0.05, 0.1) is 5.92 Å². The average Bonchev–Trinajstić information content (AvgIpc) is 3.02. The summed E-state index contributed by atoms with van der Waals surface area (Å²) < 4.78 is 0. The lowest BCUT2D eigenvalue weighted by atomic mass is 10.0. The summed E-state index contributed by atoms with van der Waals surface area (Å²) in [5.74, 6) is -0.502. The normalized spacial score (nSPS) is 16.8. The van der Waals surface area contributed by atoms with E-state index in [1.165, 1.54) is 0 Å². The number of halogens is 1. The SMILES string of the molecule is CCc1cccc(CC)c1N1CC(C(=O)Nc2cccc(Cl)c2)CC1=O. The molecule has 1 atom stereocenters. The van der Waals surface area contributed by atoms with Crippen LogP contribution in [0.1, 0.15) is 31.4 Å². The number of rotatable bonds is 5. The van der Waals surface area contributed by atoms with Gasteiger partial charge in [-0.2, -0.15) is 0 Å². The van der Waals surface area contributed by atoms with Crippen molar-refractivity contribution in [3.05, 3.63) is 58.6 Å². The standard InChI is InChI=1S/C21H23ClN2O2/c1-3-14-7-5-8-15(4-2)20(14)24-13-16(11-19(24)25)21(26)23-18-10-6-9-17(22)12-18/h5-10,12,16H,3-4,11,13H2,1-2H3,(H,23,26). The maximum Gasteiger partial charge on any atom is 0.229 e. The fourth-order valence-electron chi connectivity index (χ4n) is 3.47. The van der Waals surface area contributed by atoms with E-state index in [4.69, 9.17) is 11.6 Å². The predicted octanol–water partition coefficient (Wildman–Crippen LogP) is 4.46. The summed E-state index contributed by atoms with van der Waals surface area (Å²) in [4.78, 5) is 27.1. The van der Waals surface area contributed by atoms with Crippen LogP contribution in [0.4, 0.5) is 11.4 Å². The Morgan fingerprint density at radius 2 is 1.81 bits per heavy atom. The molecule has 1 unspecified atom stereocenters. The zero-order valence-corrected chi connectivity index (χ0v) is 15.8. The van der Waals surface area contributed by atoms with Crippen molar-refractivity contribution in [3.8, 4) is 0 Å². The Morgan fingerprint density at radius 1 is 1.15 bits per heavy atom. The molecular formula is C21H23ClN2O2. The first-order valence-corrected chi connectivity index (χ1v) is 9.38. The van der Waals surface area contributed by atoms with E-state index in [1.807, 2.05) is 6.07 Å². The molecule has 1 aliphatic heterocycles. The Morgan fingerprint density at radius 3 is 2.42 bits per heavy atom. The van der Waals surface area contributed by atoms with Gasteiger partial charge in [-0.3, -0.25) is 9.59 Å². The summed E-state index contributed by atoms with van der Waals surface area (Å²) in [6, 6.07) is 13.2. The number of amides is 2. The van der Waals surface area contributed by atoms with Gasteiger partial charge in [0.25, 0.3) is 0 Å². The van der Waals surface area contributed by atoms with Crippen molar-refractivity contribution in [1.82, 2.24) is 0 Å². The third-order valence-electron chi connectivity index (χ3n) is 4.82. The second-order valence-electron chi connectivity index (χ2n) is 6.54. The van der Waals surface area contributed by atoms with Gasteiger partial charge in [-0.25, -0.2) is 0 Å². The average molecular weight is 371 g/mol. The molecule has 1 N–H and O–H groups in total. The third-order valence-corrected chi connectivity index (χ3v) is 5.06. The lowest BCUT2D eigenvalue weighted by molar-refractivity contribution is -0.122. The molecule has 0 aromatic heterocycles. The number of anilines is 2. The third kappa shape index (κ3) is 3.75. The molecule has 2 amide bonds. The van der Waals surface area contributed by atoms with Crippen LogP contribution < -0.4 is 10.2 Å². The quantitative estimate of drug-likeness (QED) is 0.844. The summed E-state index contributed by atoms with van der Waals surface area (Å²) >= 11 is 5.97. The first-order chi connectivity index (χ1) is 12.5. The molecule has 1 saturated heterocycles. The number of hydrogen-bond acceptors (Lipinski definition) is 2. The molecule has 5 heteroatoms. The second kappa shape index (κ2) is 7.92. The van der Waals surface area contributed by atoms with E-state index in [0.717, 1.165) is 29.7 Å². The van der Waals surface area contributed by atoms with E-state index in [1.54, 1.807) is 29.2 Å². The summed E-state index contributed by atoms with van der Waals surface area (Å²) in [6.07, 6.45) is 1.94. The van der Waals surface area contributed by atoms with Crippen molar-refractivity contribution in [2.24, 2.45) is 5.92 Å². The van der Waals surface area contributed by atoms with Crippen LogP contribution in [-0.2, 0) is 22.4 Å². The highest BCUT2D eigenvalue weighted by Crippen LogP contribution is 2.32. The molecule has 0 saturated carbocycles. The van der Waals surface area contributed by atoms with Gasteiger partial charge < -0.3 is 10.2 Å². The number of hydrogen-bond donors (Lipinski definition) is 1. The van der Waals surface area contributed by atoms with Gasteiger partial charge in [-0.15, -0.1) is 0 Å². The molecule has 0 radical (unpaired) electrons. The molecule has 0 aliphatic carbocycles. The predicted molar refractivity (Wildman–Crippen MR) is 106 cm³/mol. The van der Waals surface area contributed by atoms with Crippen molar-refractivity contribution >= 4 is 34.8 Å². The van der Waals surface area contributed by atoms with Gasteiger partial charge in [0.15, 0.2) is 0 Å². The van der Waals surface area contributed by atoms with Gasteiger partial charge >= 0.3 is 0 Å². The minimum absolute atomic E-state index is 0.00634. The highest BCUT2D eigenvalue weighted by Gasteiger charge is 2.36. The molecule has 0 spiro atoms. The van der Waals surface area contributed by atoms with E-state index >= 15 is 0 Å². The molecule has 26 heavy (non-hydrogen) atoms. The summed E-state index contributed by atoms with van der Waals surface area (Å²) in [5.41, 5.74) is 3.93. The van der Waals surface area contributed by atoms with Crippen molar-refractivity contribution in [2.45, 2.75) is 33.1 Å². The van der Waals surface area contributed by atoms with Crippen molar-refractivity contribution in [1.29, 1.82) is 0 Å². The Balaban J connectivity index is 1.80. The highest BCUT2D eigenvalue weighted by molar-refractivity contribution is 6.30. The van der Waals surface area contributed by atoms with Crippen LogP contribution in [0, 0.1) is 5.92 Å². The summed E-state index contributed by atoms with van der Waals surface area (Å²) in [7, 11) is 0. The van der Waals surface area contributed by atoms with Gasteiger partial charge in [-0.05, 0) is 42.2 Å². The van der Waals surface area contributed by atoms with E-state index in [2.05, 4.69) is 31.3 Å². The van der Waals surface area contributed by atoms with Crippen LogP contribution in [0.3, 0.4) is 0 Å². The highest BCUT2D eigenvalue weighted by atomic mass is 35.5. The minimum Gasteiger partial charge on any atom is -0.326 e. The lowest BCUT2D eigenvalue weighted by Crippen LogP contribution is -2.29. The van der Waals surface area contributed by atoms with Crippen LogP contribution in [0.2, 0.25) is 5.02 Å². The van der Waals surface area contributed by atoms with E-state index in [9.17, 15) is 9.59 Å². The number of benzene rings is 2. The molecular weight excluding hydrogens is 348 g/mol.